The summed E-state index contributed by atoms with van der Waals surface area (Å²) in [7, 11) is 0. The molecule has 1 aliphatic rings. The van der Waals surface area contributed by atoms with Crippen molar-refractivity contribution in [2.45, 2.75) is 40.5 Å². The maximum Gasteiger partial charge on any atom is -0.0184 e. The van der Waals surface area contributed by atoms with Gasteiger partial charge >= 0.3 is 0 Å². The van der Waals surface area contributed by atoms with E-state index < -0.39 is 0 Å². The molecule has 0 atom stereocenters. The first-order valence-electron chi connectivity index (χ1n) is 6.62. The first kappa shape index (κ1) is 13.8. The molecule has 0 aliphatic heterocycles. The first-order valence-corrected chi connectivity index (χ1v) is 6.62. The highest BCUT2D eigenvalue weighted by molar-refractivity contribution is 5.80. The molecule has 1 aromatic rings. The van der Waals surface area contributed by atoms with E-state index in [0.717, 1.165) is 5.92 Å². The van der Waals surface area contributed by atoms with Gasteiger partial charge in [0.25, 0.3) is 0 Å². The average molecular weight is 228 g/mol. The zero-order chi connectivity index (χ0) is 12.7. The van der Waals surface area contributed by atoms with E-state index in [1.54, 1.807) is 0 Å². The van der Waals surface area contributed by atoms with Crippen molar-refractivity contribution in [1.82, 2.24) is 0 Å². The second kappa shape index (κ2) is 7.11. The van der Waals surface area contributed by atoms with Crippen molar-refractivity contribution in [2.75, 3.05) is 0 Å². The van der Waals surface area contributed by atoms with Gasteiger partial charge in [-0.1, -0.05) is 81.7 Å². The molecule has 0 amide bonds. The van der Waals surface area contributed by atoms with Gasteiger partial charge in [0.2, 0.25) is 0 Å². The monoisotopic (exact) mass is 228 g/mol. The Bertz CT molecular complexity index is 375. The molecule has 0 heteroatoms. The van der Waals surface area contributed by atoms with Crippen LogP contribution < -0.4 is 0 Å². The van der Waals surface area contributed by atoms with Crippen LogP contribution in [-0.2, 0) is 0 Å². The molecule has 0 spiro atoms. The van der Waals surface area contributed by atoms with Crippen LogP contribution in [0.5, 0.6) is 0 Å². The molecule has 0 radical (unpaired) electrons. The molecule has 0 unspecified atom stereocenters. The first-order chi connectivity index (χ1) is 8.17. The summed E-state index contributed by atoms with van der Waals surface area (Å²) in [5.41, 5.74) is 3.97. The van der Waals surface area contributed by atoms with Crippen LogP contribution in [0.3, 0.4) is 0 Å². The fourth-order valence-corrected chi connectivity index (χ4v) is 1.42. The predicted octanol–water partition coefficient (Wildman–Crippen LogP) is 5.39. The van der Waals surface area contributed by atoms with Crippen molar-refractivity contribution in [3.8, 4) is 0 Å². The molecule has 0 saturated carbocycles. The van der Waals surface area contributed by atoms with E-state index in [9.17, 15) is 0 Å². The Morgan fingerprint density at radius 1 is 1.00 bits per heavy atom. The fraction of sp³-hybridized carbons (Fsp3) is 0.412. The molecule has 92 valence electrons. The quantitative estimate of drug-likeness (QED) is 0.650. The number of hydrogen-bond donors (Lipinski definition) is 0. The zero-order valence-electron chi connectivity index (χ0n) is 11.5. The lowest BCUT2D eigenvalue weighted by molar-refractivity contribution is 0.544. The molecule has 0 heterocycles. The molecule has 1 aliphatic carbocycles. The van der Waals surface area contributed by atoms with Gasteiger partial charge in [-0.2, -0.15) is 0 Å². The van der Waals surface area contributed by atoms with Gasteiger partial charge in [0.15, 0.2) is 0 Å². The SMILES string of the molecule is CCC(C)CC.Cc1ccc(C2=CC=C2)cc1. The molecule has 17 heavy (non-hydrogen) atoms. The van der Waals surface area contributed by atoms with Crippen molar-refractivity contribution in [2.24, 2.45) is 5.92 Å². The number of aryl methyl sites for hydroxylation is 1. The average Bonchev–Trinajstić information content (AvgIpc) is 2.29. The molecule has 2 rings (SSSR count). The Kier molecular flexibility index (Phi) is 5.76. The maximum atomic E-state index is 2.28. The Hall–Kier alpha value is -1.30. The third-order valence-electron chi connectivity index (χ3n) is 3.33. The van der Waals surface area contributed by atoms with E-state index in [1.165, 1.54) is 29.5 Å². The molecule has 0 bridgehead atoms. The Balaban J connectivity index is 0.000000209. The molecular weight excluding hydrogens is 204 g/mol. The lowest BCUT2D eigenvalue weighted by atomic mass is 9.99. The minimum Gasteiger partial charge on any atom is -0.0651 e. The second-order valence-electron chi connectivity index (χ2n) is 4.77. The summed E-state index contributed by atoms with van der Waals surface area (Å²) in [6.45, 7) is 8.84. The topological polar surface area (TPSA) is 0 Å². The van der Waals surface area contributed by atoms with Crippen LogP contribution in [0, 0.1) is 12.8 Å². The van der Waals surface area contributed by atoms with Crippen LogP contribution in [0.25, 0.3) is 5.57 Å². The van der Waals surface area contributed by atoms with Crippen LogP contribution in [0.1, 0.15) is 44.7 Å². The van der Waals surface area contributed by atoms with Crippen LogP contribution in [0.4, 0.5) is 0 Å². The maximum absolute atomic E-state index is 2.28. The largest absolute Gasteiger partial charge is 0.0651 e. The van der Waals surface area contributed by atoms with E-state index in [1.807, 2.05) is 0 Å². The number of hydrogen-bond acceptors (Lipinski definition) is 0. The summed E-state index contributed by atoms with van der Waals surface area (Å²) in [5, 5.41) is 0. The third-order valence-corrected chi connectivity index (χ3v) is 3.33. The van der Waals surface area contributed by atoms with Gasteiger partial charge in [-0.25, -0.2) is 0 Å². The molecule has 0 fully saturated rings. The van der Waals surface area contributed by atoms with Crippen LogP contribution >= 0.6 is 0 Å². The molecule has 0 nitrogen and oxygen atoms in total. The standard InChI is InChI=1S/C11H10.C6H14/c1-9-5-7-11(8-6-9)10-3-2-4-10;1-4-6(3)5-2/h2-8H,1H3;6H,4-5H2,1-3H3. The van der Waals surface area contributed by atoms with E-state index in [4.69, 9.17) is 0 Å². The van der Waals surface area contributed by atoms with Crippen molar-refractivity contribution < 1.29 is 0 Å². The van der Waals surface area contributed by atoms with E-state index >= 15 is 0 Å². The van der Waals surface area contributed by atoms with Crippen molar-refractivity contribution in [3.05, 3.63) is 53.6 Å². The van der Waals surface area contributed by atoms with Crippen LogP contribution in [0.15, 0.2) is 42.5 Å². The molecule has 0 N–H and O–H groups in total. The Morgan fingerprint density at radius 3 is 1.82 bits per heavy atom. The Morgan fingerprint density at radius 2 is 1.53 bits per heavy atom. The highest BCUT2D eigenvalue weighted by Crippen LogP contribution is 2.21. The van der Waals surface area contributed by atoms with Gasteiger partial charge in [-0.3, -0.25) is 0 Å². The molecule has 0 aromatic heterocycles. The molecule has 0 saturated heterocycles. The van der Waals surface area contributed by atoms with Gasteiger partial charge in [-0.15, -0.1) is 0 Å². The summed E-state index contributed by atoms with van der Waals surface area (Å²) in [6, 6.07) is 8.60. The Labute approximate surface area is 106 Å². The highest BCUT2D eigenvalue weighted by atomic mass is 14.0. The fourth-order valence-electron chi connectivity index (χ4n) is 1.42. The highest BCUT2D eigenvalue weighted by Gasteiger charge is 1.99. The predicted molar refractivity (Wildman–Crippen MR) is 78.0 cm³/mol. The van der Waals surface area contributed by atoms with Gasteiger partial charge < -0.3 is 0 Å². The minimum absolute atomic E-state index is 0.935. The second-order valence-corrected chi connectivity index (χ2v) is 4.77. The lowest BCUT2D eigenvalue weighted by Gasteiger charge is -2.06. The number of benzene rings is 1. The summed E-state index contributed by atoms with van der Waals surface area (Å²) in [5.74, 6) is 0.935. The number of allylic oxidation sites excluding steroid dienone is 4. The summed E-state index contributed by atoms with van der Waals surface area (Å²) >= 11 is 0. The lowest BCUT2D eigenvalue weighted by Crippen LogP contribution is -1.85. The van der Waals surface area contributed by atoms with E-state index in [-0.39, 0.29) is 0 Å². The zero-order valence-corrected chi connectivity index (χ0v) is 11.5. The van der Waals surface area contributed by atoms with E-state index in [2.05, 4.69) is 70.2 Å². The van der Waals surface area contributed by atoms with Crippen LogP contribution in [-0.4, -0.2) is 0 Å². The van der Waals surface area contributed by atoms with Gasteiger partial charge in [0, 0.05) is 0 Å². The summed E-state index contributed by atoms with van der Waals surface area (Å²) in [4.78, 5) is 0. The van der Waals surface area contributed by atoms with Gasteiger partial charge in [0.05, 0.1) is 0 Å². The van der Waals surface area contributed by atoms with E-state index in [0.29, 0.717) is 0 Å². The van der Waals surface area contributed by atoms with Crippen molar-refractivity contribution >= 4 is 5.57 Å². The molecule has 1 aromatic carbocycles. The smallest absolute Gasteiger partial charge is 0.0184 e. The number of rotatable bonds is 3. The third kappa shape index (κ3) is 4.60. The minimum atomic E-state index is 0.935. The summed E-state index contributed by atoms with van der Waals surface area (Å²) < 4.78 is 0. The summed E-state index contributed by atoms with van der Waals surface area (Å²) in [6.07, 6.45) is 8.98. The van der Waals surface area contributed by atoms with Gasteiger partial charge in [0.1, 0.15) is 0 Å². The van der Waals surface area contributed by atoms with Crippen molar-refractivity contribution in [1.29, 1.82) is 0 Å². The molecular formula is C17H24. The van der Waals surface area contributed by atoms with Gasteiger partial charge in [-0.05, 0) is 24.0 Å². The van der Waals surface area contributed by atoms with Crippen LogP contribution in [0.2, 0.25) is 0 Å². The van der Waals surface area contributed by atoms with Crippen molar-refractivity contribution in [3.63, 3.8) is 0 Å². The normalized spacial score (nSPS) is 12.6.